The quantitative estimate of drug-likeness (QED) is 0.834. The van der Waals surface area contributed by atoms with E-state index in [2.05, 4.69) is 32.4 Å². The molecule has 1 aromatic heterocycles. The van der Waals surface area contributed by atoms with E-state index < -0.39 is 0 Å². The van der Waals surface area contributed by atoms with Crippen molar-refractivity contribution in [3.63, 3.8) is 0 Å². The molecule has 2 aromatic rings. The molecule has 16 heavy (non-hydrogen) atoms. The smallest absolute Gasteiger partial charge is 0.113 e. The van der Waals surface area contributed by atoms with Crippen molar-refractivity contribution in [3.8, 4) is 0 Å². The summed E-state index contributed by atoms with van der Waals surface area (Å²) >= 11 is 0. The topological polar surface area (TPSA) is 44.8 Å². The lowest BCUT2D eigenvalue weighted by Crippen LogP contribution is -2.29. The van der Waals surface area contributed by atoms with Crippen molar-refractivity contribution in [3.05, 3.63) is 23.8 Å². The number of aromatic amines is 1. The van der Waals surface area contributed by atoms with Crippen molar-refractivity contribution < 1.29 is 0 Å². The van der Waals surface area contributed by atoms with E-state index in [0.29, 0.717) is 0 Å². The van der Waals surface area contributed by atoms with E-state index in [1.54, 1.807) is 0 Å². The molecule has 0 bridgehead atoms. The van der Waals surface area contributed by atoms with Crippen LogP contribution in [0.1, 0.15) is 24.8 Å². The molecular formula is C12H16N4. The van der Waals surface area contributed by atoms with Crippen LogP contribution in [0.15, 0.2) is 18.2 Å². The standard InChI is InChI=1S/C12H16N4/c1-2-6-16(7-3-1)9-10-4-5-11-12(8-10)14-15-13-11/h4-5,8H,1-3,6-7,9H2,(H,13,14,15). The fraction of sp³-hybridized carbons (Fsp3) is 0.500. The van der Waals surface area contributed by atoms with Gasteiger partial charge in [0.05, 0.1) is 0 Å². The zero-order chi connectivity index (χ0) is 10.8. The third-order valence-electron chi connectivity index (χ3n) is 3.24. The summed E-state index contributed by atoms with van der Waals surface area (Å²) in [4.78, 5) is 2.52. The van der Waals surface area contributed by atoms with Gasteiger partial charge in [-0.25, -0.2) is 0 Å². The minimum atomic E-state index is 0.947. The second-order valence-electron chi connectivity index (χ2n) is 4.48. The Morgan fingerprint density at radius 2 is 1.88 bits per heavy atom. The Hall–Kier alpha value is -1.42. The first kappa shape index (κ1) is 9.78. The minimum Gasteiger partial charge on any atom is -0.299 e. The molecule has 2 heterocycles. The van der Waals surface area contributed by atoms with E-state index in [-0.39, 0.29) is 0 Å². The van der Waals surface area contributed by atoms with Crippen LogP contribution in [0.25, 0.3) is 11.0 Å². The van der Waals surface area contributed by atoms with Crippen molar-refractivity contribution in [1.82, 2.24) is 20.3 Å². The lowest BCUT2D eigenvalue weighted by atomic mass is 10.1. The Kier molecular flexibility index (Phi) is 2.58. The van der Waals surface area contributed by atoms with E-state index in [1.165, 1.54) is 37.9 Å². The van der Waals surface area contributed by atoms with Crippen LogP contribution in [0.5, 0.6) is 0 Å². The van der Waals surface area contributed by atoms with E-state index in [1.807, 2.05) is 6.07 Å². The molecule has 84 valence electrons. The zero-order valence-electron chi connectivity index (χ0n) is 9.32. The van der Waals surface area contributed by atoms with Crippen LogP contribution in [0.4, 0.5) is 0 Å². The molecule has 0 spiro atoms. The van der Waals surface area contributed by atoms with Gasteiger partial charge in [0.2, 0.25) is 0 Å². The summed E-state index contributed by atoms with van der Waals surface area (Å²) in [6.45, 7) is 3.51. The first-order valence-electron chi connectivity index (χ1n) is 5.93. The Morgan fingerprint density at radius 3 is 2.75 bits per heavy atom. The fourth-order valence-corrected chi connectivity index (χ4v) is 2.36. The van der Waals surface area contributed by atoms with E-state index in [0.717, 1.165) is 17.6 Å². The number of likely N-dealkylation sites (tertiary alicyclic amines) is 1. The van der Waals surface area contributed by atoms with Crippen LogP contribution in [0.3, 0.4) is 0 Å². The summed E-state index contributed by atoms with van der Waals surface area (Å²) in [6.07, 6.45) is 4.07. The van der Waals surface area contributed by atoms with Crippen LogP contribution in [0.2, 0.25) is 0 Å². The number of rotatable bonds is 2. The van der Waals surface area contributed by atoms with Crippen LogP contribution < -0.4 is 0 Å². The summed E-state index contributed by atoms with van der Waals surface area (Å²) in [6, 6.07) is 6.32. The maximum atomic E-state index is 4.12. The maximum Gasteiger partial charge on any atom is 0.113 e. The van der Waals surface area contributed by atoms with Gasteiger partial charge in [-0.15, -0.1) is 0 Å². The molecular weight excluding hydrogens is 200 g/mol. The Bertz CT molecular complexity index is 471. The van der Waals surface area contributed by atoms with Crippen molar-refractivity contribution in [2.45, 2.75) is 25.8 Å². The second-order valence-corrected chi connectivity index (χ2v) is 4.48. The number of nitrogens with one attached hydrogen (secondary N) is 1. The second kappa shape index (κ2) is 4.22. The highest BCUT2D eigenvalue weighted by molar-refractivity contribution is 5.74. The van der Waals surface area contributed by atoms with Crippen molar-refractivity contribution in [2.75, 3.05) is 13.1 Å². The predicted molar refractivity (Wildman–Crippen MR) is 63.0 cm³/mol. The third kappa shape index (κ3) is 1.93. The number of H-pyrrole nitrogens is 1. The molecule has 4 nitrogen and oxygen atoms in total. The maximum absolute atomic E-state index is 4.12. The van der Waals surface area contributed by atoms with Crippen molar-refractivity contribution in [2.24, 2.45) is 0 Å². The van der Waals surface area contributed by atoms with Crippen molar-refractivity contribution >= 4 is 11.0 Å². The van der Waals surface area contributed by atoms with Gasteiger partial charge in [-0.1, -0.05) is 12.5 Å². The molecule has 1 N–H and O–H groups in total. The van der Waals surface area contributed by atoms with Gasteiger partial charge in [0, 0.05) is 6.54 Å². The highest BCUT2D eigenvalue weighted by Crippen LogP contribution is 2.15. The van der Waals surface area contributed by atoms with Crippen LogP contribution in [-0.2, 0) is 6.54 Å². The van der Waals surface area contributed by atoms with Gasteiger partial charge in [0.25, 0.3) is 0 Å². The number of benzene rings is 1. The first-order valence-corrected chi connectivity index (χ1v) is 5.93. The molecule has 1 aliphatic heterocycles. The van der Waals surface area contributed by atoms with E-state index >= 15 is 0 Å². The van der Waals surface area contributed by atoms with Crippen LogP contribution >= 0.6 is 0 Å². The number of nitrogens with zero attached hydrogens (tertiary/aromatic N) is 3. The van der Waals surface area contributed by atoms with Gasteiger partial charge in [-0.2, -0.15) is 15.4 Å². The van der Waals surface area contributed by atoms with E-state index in [4.69, 9.17) is 0 Å². The molecule has 1 aromatic carbocycles. The van der Waals surface area contributed by atoms with Gasteiger partial charge in [0.1, 0.15) is 11.0 Å². The predicted octanol–water partition coefficient (Wildman–Crippen LogP) is 1.94. The highest BCUT2D eigenvalue weighted by atomic mass is 15.3. The summed E-state index contributed by atoms with van der Waals surface area (Å²) in [5.41, 5.74) is 3.25. The number of hydrogen-bond acceptors (Lipinski definition) is 3. The van der Waals surface area contributed by atoms with Gasteiger partial charge >= 0.3 is 0 Å². The Labute approximate surface area is 94.6 Å². The number of fused-ring (bicyclic) bond motifs is 1. The summed E-state index contributed by atoms with van der Waals surface area (Å²) < 4.78 is 0. The molecule has 0 radical (unpaired) electrons. The molecule has 1 fully saturated rings. The molecule has 0 unspecified atom stereocenters. The first-order chi connectivity index (χ1) is 7.92. The molecule has 0 amide bonds. The number of aromatic nitrogens is 3. The van der Waals surface area contributed by atoms with Gasteiger partial charge in [0.15, 0.2) is 0 Å². The Morgan fingerprint density at radius 1 is 1.06 bits per heavy atom. The minimum absolute atomic E-state index is 0.947. The van der Waals surface area contributed by atoms with Gasteiger partial charge in [-0.3, -0.25) is 4.90 Å². The van der Waals surface area contributed by atoms with Crippen molar-refractivity contribution in [1.29, 1.82) is 0 Å². The third-order valence-corrected chi connectivity index (χ3v) is 3.24. The fourth-order valence-electron chi connectivity index (χ4n) is 2.36. The van der Waals surface area contributed by atoms with E-state index in [9.17, 15) is 0 Å². The summed E-state index contributed by atoms with van der Waals surface area (Å²) in [5, 5.41) is 10.8. The monoisotopic (exact) mass is 216 g/mol. The number of piperidine rings is 1. The Balaban J connectivity index is 1.77. The molecule has 3 rings (SSSR count). The average molecular weight is 216 g/mol. The molecule has 0 saturated carbocycles. The lowest BCUT2D eigenvalue weighted by molar-refractivity contribution is 0.221. The molecule has 1 aliphatic rings. The highest BCUT2D eigenvalue weighted by Gasteiger charge is 2.10. The number of hydrogen-bond donors (Lipinski definition) is 1. The zero-order valence-corrected chi connectivity index (χ0v) is 9.32. The van der Waals surface area contributed by atoms with Gasteiger partial charge in [-0.05, 0) is 43.6 Å². The molecule has 0 aliphatic carbocycles. The molecule has 0 atom stereocenters. The van der Waals surface area contributed by atoms with Gasteiger partial charge < -0.3 is 0 Å². The van der Waals surface area contributed by atoms with Crippen LogP contribution in [0, 0.1) is 0 Å². The summed E-state index contributed by atoms with van der Waals surface area (Å²) in [7, 11) is 0. The SMILES string of the molecule is c1cc2n[nH]nc2cc1CN1CCCCC1. The summed E-state index contributed by atoms with van der Waals surface area (Å²) in [5.74, 6) is 0. The molecule has 4 heteroatoms. The largest absolute Gasteiger partial charge is 0.299 e. The normalized spacial score (nSPS) is 18.0. The molecule has 1 saturated heterocycles. The lowest BCUT2D eigenvalue weighted by Gasteiger charge is -2.26. The average Bonchev–Trinajstić information content (AvgIpc) is 2.77. The van der Waals surface area contributed by atoms with Crippen LogP contribution in [-0.4, -0.2) is 33.4 Å².